The monoisotopic (exact) mass is 377 g/mol. The maximum atomic E-state index is 13.0. The first-order valence-corrected chi connectivity index (χ1v) is 7.29. The van der Waals surface area contributed by atoms with Crippen molar-refractivity contribution in [1.29, 1.82) is 0 Å². The summed E-state index contributed by atoms with van der Waals surface area (Å²) in [6, 6.07) is 4.50. The van der Waals surface area contributed by atoms with Gasteiger partial charge in [0.25, 0.3) is 0 Å². The molecule has 0 aromatic heterocycles. The molecule has 0 radical (unpaired) electrons. The highest BCUT2D eigenvalue weighted by Crippen LogP contribution is 2.18. The van der Waals surface area contributed by atoms with Crippen LogP contribution in [0.4, 0.5) is 10.1 Å². The molecule has 6 heteroatoms. The van der Waals surface area contributed by atoms with Crippen molar-refractivity contribution >= 4 is 34.2 Å². The van der Waals surface area contributed by atoms with Crippen LogP contribution in [0.3, 0.4) is 0 Å². The summed E-state index contributed by atoms with van der Waals surface area (Å²) >= 11 is 2.06. The number of rotatable bonds is 3. The van der Waals surface area contributed by atoms with Crippen LogP contribution in [0.1, 0.15) is 0 Å². The maximum Gasteiger partial charge on any atom is 0.241 e. The Balaban J connectivity index is 1.86. The van der Waals surface area contributed by atoms with Crippen LogP contribution in [-0.2, 0) is 4.79 Å². The number of hydrogen-bond acceptors (Lipinski definition) is 3. The minimum atomic E-state index is -0.264. The van der Waals surface area contributed by atoms with E-state index >= 15 is 0 Å². The third-order valence-electron chi connectivity index (χ3n) is 3.22. The van der Waals surface area contributed by atoms with Crippen LogP contribution < -0.4 is 5.32 Å². The molecule has 0 aliphatic carbocycles. The minimum Gasteiger partial charge on any atom is -0.375 e. The summed E-state index contributed by atoms with van der Waals surface area (Å²) < 4.78 is 13.7. The molecule has 0 spiro atoms. The van der Waals surface area contributed by atoms with Crippen LogP contribution in [-0.4, -0.2) is 55.5 Å². The van der Waals surface area contributed by atoms with E-state index in [1.54, 1.807) is 6.07 Å². The highest BCUT2D eigenvalue weighted by atomic mass is 127. The molecule has 0 saturated carbocycles. The molecule has 4 nitrogen and oxygen atoms in total. The van der Waals surface area contributed by atoms with Gasteiger partial charge in [-0.1, -0.05) is 0 Å². The Morgan fingerprint density at radius 3 is 2.68 bits per heavy atom. The SMILES string of the molecule is CN1CCN(C(=O)CNc2ccc(F)cc2I)CC1. The van der Waals surface area contributed by atoms with Gasteiger partial charge in [-0.15, -0.1) is 0 Å². The molecule has 19 heavy (non-hydrogen) atoms. The molecule has 1 saturated heterocycles. The average molecular weight is 377 g/mol. The Labute approximate surface area is 126 Å². The number of carbonyl (C=O) groups excluding carboxylic acids is 1. The summed E-state index contributed by atoms with van der Waals surface area (Å²) in [7, 11) is 2.06. The first kappa shape index (κ1) is 14.5. The van der Waals surface area contributed by atoms with E-state index in [1.807, 2.05) is 4.90 Å². The Kier molecular flexibility index (Phi) is 4.98. The van der Waals surface area contributed by atoms with E-state index in [0.717, 1.165) is 35.4 Å². The lowest BCUT2D eigenvalue weighted by Gasteiger charge is -2.32. The van der Waals surface area contributed by atoms with E-state index in [1.165, 1.54) is 12.1 Å². The molecule has 1 amide bonds. The van der Waals surface area contributed by atoms with Gasteiger partial charge in [0.05, 0.1) is 6.54 Å². The maximum absolute atomic E-state index is 13.0. The van der Waals surface area contributed by atoms with E-state index < -0.39 is 0 Å². The van der Waals surface area contributed by atoms with Crippen molar-refractivity contribution < 1.29 is 9.18 Å². The predicted octanol–water partition coefficient (Wildman–Crippen LogP) is 1.62. The standard InChI is InChI=1S/C13H17FIN3O/c1-17-4-6-18(7-5-17)13(19)9-16-12-3-2-10(14)8-11(12)15/h2-3,8,16H,4-7,9H2,1H3. The second-order valence-corrected chi connectivity index (χ2v) is 5.82. The Morgan fingerprint density at radius 1 is 1.37 bits per heavy atom. The Hall–Kier alpha value is -0.890. The smallest absolute Gasteiger partial charge is 0.241 e. The van der Waals surface area contributed by atoms with Crippen LogP contribution in [0, 0.1) is 9.39 Å². The molecule has 2 rings (SSSR count). The number of anilines is 1. The van der Waals surface area contributed by atoms with Crippen molar-refractivity contribution in [3.8, 4) is 0 Å². The fraction of sp³-hybridized carbons (Fsp3) is 0.462. The van der Waals surface area contributed by atoms with Crippen LogP contribution in [0.25, 0.3) is 0 Å². The van der Waals surface area contributed by atoms with E-state index in [-0.39, 0.29) is 18.3 Å². The summed E-state index contributed by atoms with van der Waals surface area (Å²) in [4.78, 5) is 16.1. The van der Waals surface area contributed by atoms with E-state index in [9.17, 15) is 9.18 Å². The van der Waals surface area contributed by atoms with Gasteiger partial charge >= 0.3 is 0 Å². The lowest BCUT2D eigenvalue weighted by atomic mass is 10.3. The van der Waals surface area contributed by atoms with Gasteiger partial charge < -0.3 is 15.1 Å². The zero-order valence-electron chi connectivity index (χ0n) is 10.8. The average Bonchev–Trinajstić information content (AvgIpc) is 2.38. The fourth-order valence-corrected chi connectivity index (χ4v) is 2.64. The van der Waals surface area contributed by atoms with E-state index in [0.29, 0.717) is 0 Å². The third kappa shape index (κ3) is 4.04. The molecule has 1 aliphatic heterocycles. The van der Waals surface area contributed by atoms with Crippen molar-refractivity contribution in [3.63, 3.8) is 0 Å². The number of nitrogens with zero attached hydrogens (tertiary/aromatic N) is 2. The first-order valence-electron chi connectivity index (χ1n) is 6.21. The molecule has 104 valence electrons. The van der Waals surface area contributed by atoms with Crippen LogP contribution in [0.2, 0.25) is 0 Å². The van der Waals surface area contributed by atoms with Crippen molar-refractivity contribution in [2.45, 2.75) is 0 Å². The van der Waals surface area contributed by atoms with Crippen LogP contribution >= 0.6 is 22.6 Å². The fourth-order valence-electron chi connectivity index (χ4n) is 1.97. The second kappa shape index (κ2) is 6.51. The highest BCUT2D eigenvalue weighted by Gasteiger charge is 2.18. The largest absolute Gasteiger partial charge is 0.375 e. The molecule has 0 atom stereocenters. The molecule has 1 aromatic carbocycles. The number of amides is 1. The summed E-state index contributed by atoms with van der Waals surface area (Å²) in [5, 5.41) is 3.07. The van der Waals surface area contributed by atoms with Gasteiger partial charge in [0.2, 0.25) is 5.91 Å². The third-order valence-corrected chi connectivity index (χ3v) is 4.11. The van der Waals surface area contributed by atoms with Gasteiger partial charge in [0.1, 0.15) is 5.82 Å². The minimum absolute atomic E-state index is 0.0909. The number of piperazine rings is 1. The summed E-state index contributed by atoms with van der Waals surface area (Å²) in [5.74, 6) is -0.173. The summed E-state index contributed by atoms with van der Waals surface area (Å²) in [6.45, 7) is 3.64. The Morgan fingerprint density at radius 2 is 2.05 bits per heavy atom. The normalized spacial score (nSPS) is 16.5. The van der Waals surface area contributed by atoms with E-state index in [2.05, 4.69) is 39.9 Å². The first-order chi connectivity index (χ1) is 9.06. The van der Waals surface area contributed by atoms with Crippen molar-refractivity contribution in [1.82, 2.24) is 9.80 Å². The van der Waals surface area contributed by atoms with Gasteiger partial charge in [-0.3, -0.25) is 4.79 Å². The molecular formula is C13H17FIN3O. The van der Waals surface area contributed by atoms with Crippen molar-refractivity contribution in [2.24, 2.45) is 0 Å². The lowest BCUT2D eigenvalue weighted by molar-refractivity contribution is -0.130. The molecular weight excluding hydrogens is 360 g/mol. The quantitative estimate of drug-likeness (QED) is 0.814. The molecule has 1 aliphatic rings. The molecule has 0 bridgehead atoms. The predicted molar refractivity (Wildman–Crippen MR) is 81.7 cm³/mol. The number of likely N-dealkylation sites (N-methyl/N-ethyl adjacent to an activating group) is 1. The molecule has 1 fully saturated rings. The zero-order chi connectivity index (χ0) is 13.8. The van der Waals surface area contributed by atoms with Crippen LogP contribution in [0.5, 0.6) is 0 Å². The van der Waals surface area contributed by atoms with Crippen molar-refractivity contribution in [3.05, 3.63) is 27.6 Å². The van der Waals surface area contributed by atoms with Gasteiger partial charge in [-0.2, -0.15) is 0 Å². The molecule has 1 heterocycles. The molecule has 1 aromatic rings. The Bertz CT molecular complexity index is 461. The zero-order valence-corrected chi connectivity index (χ0v) is 13.0. The highest BCUT2D eigenvalue weighted by molar-refractivity contribution is 14.1. The number of nitrogens with one attached hydrogen (secondary N) is 1. The van der Waals surface area contributed by atoms with Gasteiger partial charge in [-0.25, -0.2) is 4.39 Å². The van der Waals surface area contributed by atoms with Gasteiger partial charge in [-0.05, 0) is 47.8 Å². The second-order valence-electron chi connectivity index (χ2n) is 4.66. The van der Waals surface area contributed by atoms with Crippen LogP contribution in [0.15, 0.2) is 18.2 Å². The topological polar surface area (TPSA) is 35.6 Å². The number of halogens is 2. The summed E-state index contributed by atoms with van der Waals surface area (Å²) in [6.07, 6.45) is 0. The van der Waals surface area contributed by atoms with Gasteiger partial charge in [0.15, 0.2) is 0 Å². The lowest BCUT2D eigenvalue weighted by Crippen LogP contribution is -2.48. The molecule has 1 N–H and O–H groups in total. The molecule has 0 unspecified atom stereocenters. The van der Waals surface area contributed by atoms with E-state index in [4.69, 9.17) is 0 Å². The van der Waals surface area contributed by atoms with Crippen molar-refractivity contribution in [2.75, 3.05) is 45.1 Å². The number of benzene rings is 1. The number of carbonyl (C=O) groups is 1. The van der Waals surface area contributed by atoms with Gasteiger partial charge in [0, 0.05) is 35.4 Å². The number of hydrogen-bond donors (Lipinski definition) is 1. The summed E-state index contributed by atoms with van der Waals surface area (Å²) in [5.41, 5.74) is 0.796.